The summed E-state index contributed by atoms with van der Waals surface area (Å²) < 4.78 is 38.5. The molecule has 0 spiro atoms. The number of aliphatic hydroxyl groups is 1. The van der Waals surface area contributed by atoms with Gasteiger partial charge in [-0.3, -0.25) is 19.2 Å². The molecule has 3 fully saturated rings. The predicted octanol–water partition coefficient (Wildman–Crippen LogP) is 9.44. The Morgan fingerprint density at radius 1 is 0.912 bits per heavy atom. The first-order valence-electron chi connectivity index (χ1n) is 25.8. The molecule has 0 aromatic rings. The van der Waals surface area contributed by atoms with E-state index in [-0.39, 0.29) is 72.4 Å². The molecule has 2 saturated heterocycles. The Balaban J connectivity index is 1.93. The number of Topliss-reactive ketones (excluding diaryl/α,β-unsaturated/α-hetero) is 3. The van der Waals surface area contributed by atoms with Crippen molar-refractivity contribution in [2.45, 2.75) is 219 Å². The molecule has 1 N–H and O–H groups in total. The molecule has 0 aromatic heterocycles. The Bertz CT molecular complexity index is 1790. The highest BCUT2D eigenvalue weighted by atomic mass is 28.4. The zero-order chi connectivity index (χ0) is 50.8. The molecule has 3 aliphatic heterocycles. The van der Waals surface area contributed by atoms with Crippen LogP contribution in [0.4, 0.5) is 0 Å². The van der Waals surface area contributed by atoms with Crippen LogP contribution in [0.3, 0.4) is 0 Å². The normalized spacial score (nSPS) is 35.7. The zero-order valence-electron chi connectivity index (χ0n) is 44.2. The highest BCUT2D eigenvalue weighted by Crippen LogP contribution is 2.46. The molecule has 13 nitrogen and oxygen atoms in total. The van der Waals surface area contributed by atoms with E-state index in [1.165, 1.54) is 4.90 Å². The first-order valence-corrected chi connectivity index (χ1v) is 28.0. The standard InChI is InChI=1S/C54H89NO12Si/c1-16-24-64-46-30-40(21-22-43(46)56)28-37(11)49-39(13)45(67-68(32(3)4,33(5)6)34(7)8)31-44(57)41(17-2)26-35(9)25-36(10)27-47(62-14)50-48(63-15)29-38(12)54(61,66-50)51(58)52(59)55-23-19-18-20-42(55)53(60)65-49/h16,26,28,32-34,36,38-42,45-50,61H,1,17-25,27,29-31H2,2-15H3/b35-26+,37-28?. The Hall–Kier alpha value is -2.85. The molecule has 4 aliphatic rings. The minimum Gasteiger partial charge on any atom is -0.456 e. The second-order valence-corrected chi connectivity index (χ2v) is 27.2. The van der Waals surface area contributed by atoms with Crippen LogP contribution in [0.2, 0.25) is 16.6 Å². The molecule has 4 rings (SSSR count). The number of carbonyl (C=O) groups excluding carboxylic acids is 5. The molecule has 1 amide bonds. The van der Waals surface area contributed by atoms with Crippen molar-refractivity contribution in [3.8, 4) is 0 Å². The second-order valence-electron chi connectivity index (χ2n) is 21.8. The Morgan fingerprint density at radius 2 is 1.54 bits per heavy atom. The number of fused-ring (bicyclic) bond motifs is 3. The van der Waals surface area contributed by atoms with E-state index < -0.39 is 92.2 Å². The van der Waals surface area contributed by atoms with Gasteiger partial charge >= 0.3 is 5.97 Å². The van der Waals surface area contributed by atoms with E-state index in [2.05, 4.69) is 67.2 Å². The summed E-state index contributed by atoms with van der Waals surface area (Å²) in [5.41, 5.74) is 2.37. The predicted molar refractivity (Wildman–Crippen MR) is 266 cm³/mol. The number of rotatable bonds is 13. The van der Waals surface area contributed by atoms with Gasteiger partial charge in [-0.05, 0) is 106 Å². The van der Waals surface area contributed by atoms with E-state index in [9.17, 15) is 29.1 Å². The van der Waals surface area contributed by atoms with Crippen molar-refractivity contribution in [1.82, 2.24) is 4.90 Å². The van der Waals surface area contributed by atoms with E-state index in [4.69, 9.17) is 28.1 Å². The summed E-state index contributed by atoms with van der Waals surface area (Å²) in [5.74, 6) is -7.07. The zero-order valence-corrected chi connectivity index (χ0v) is 45.2. The van der Waals surface area contributed by atoms with E-state index in [1.54, 1.807) is 27.2 Å². The number of nitrogens with zero attached hydrogens (tertiary/aromatic N) is 1. The van der Waals surface area contributed by atoms with Crippen LogP contribution in [0.15, 0.2) is 36.0 Å². The van der Waals surface area contributed by atoms with Crippen molar-refractivity contribution in [1.29, 1.82) is 0 Å². The van der Waals surface area contributed by atoms with E-state index in [1.807, 2.05) is 27.7 Å². The lowest BCUT2D eigenvalue weighted by atomic mass is 9.82. The first kappa shape index (κ1) is 57.7. The number of esters is 1. The molecular weight excluding hydrogens is 883 g/mol. The van der Waals surface area contributed by atoms with Gasteiger partial charge in [0.1, 0.15) is 30.1 Å². The first-order chi connectivity index (χ1) is 32.0. The molecule has 13 unspecified atom stereocenters. The van der Waals surface area contributed by atoms with Gasteiger partial charge in [0.25, 0.3) is 11.7 Å². The number of ketones is 3. The highest BCUT2D eigenvalue weighted by molar-refractivity contribution is 6.77. The van der Waals surface area contributed by atoms with E-state index in [0.717, 1.165) is 11.1 Å². The fourth-order valence-electron chi connectivity index (χ4n) is 12.2. The SMILES string of the molecule is C=CCOC1CC(C=C(C)C2OC(=O)C3CCCCN3C(=O)C(=O)C3(O)OC(C(OC)CC(C)C/C(C)=C/C(CC)C(=O)CC(O[Si](C(C)C)(C(C)C)C(C)C)C2C)C(OC)CC3C)CCC1=O. The molecule has 14 heteroatoms. The van der Waals surface area contributed by atoms with Crippen LogP contribution in [0.25, 0.3) is 0 Å². The van der Waals surface area contributed by atoms with Crippen LogP contribution in [0.1, 0.15) is 154 Å². The summed E-state index contributed by atoms with van der Waals surface area (Å²) in [7, 11) is 0.441. The molecule has 13 atom stereocenters. The lowest BCUT2D eigenvalue weighted by Crippen LogP contribution is -2.64. The minimum absolute atomic E-state index is 0.0357. The lowest BCUT2D eigenvalue weighted by Gasteiger charge is -2.47. The summed E-state index contributed by atoms with van der Waals surface area (Å²) >= 11 is 0. The van der Waals surface area contributed by atoms with Crippen molar-refractivity contribution < 1.29 is 57.2 Å². The quantitative estimate of drug-likeness (QED) is 0.0806. The van der Waals surface area contributed by atoms with Crippen LogP contribution in [-0.2, 0) is 52.1 Å². The number of cyclic esters (lactones) is 1. The van der Waals surface area contributed by atoms with E-state index >= 15 is 0 Å². The van der Waals surface area contributed by atoms with Crippen molar-refractivity contribution in [3.05, 3.63) is 36.0 Å². The summed E-state index contributed by atoms with van der Waals surface area (Å²) in [4.78, 5) is 73.2. The Kier molecular flexibility index (Phi) is 21.6. The van der Waals surface area contributed by atoms with Gasteiger partial charge in [-0.1, -0.05) is 93.0 Å². The van der Waals surface area contributed by atoms with Crippen molar-refractivity contribution >= 4 is 37.5 Å². The molecule has 1 saturated carbocycles. The smallest absolute Gasteiger partial charge is 0.329 e. The van der Waals surface area contributed by atoms with Crippen molar-refractivity contribution in [2.24, 2.45) is 29.6 Å². The van der Waals surface area contributed by atoms with Gasteiger partial charge in [-0.2, -0.15) is 0 Å². The molecular formula is C54H89NO12Si. The Morgan fingerprint density at radius 3 is 2.13 bits per heavy atom. The monoisotopic (exact) mass is 972 g/mol. The maximum Gasteiger partial charge on any atom is 0.329 e. The third kappa shape index (κ3) is 13.4. The number of ether oxygens (including phenoxy) is 5. The van der Waals surface area contributed by atoms with Crippen LogP contribution in [0, 0.1) is 29.6 Å². The molecule has 0 aromatic carbocycles. The molecule has 3 heterocycles. The maximum absolute atomic E-state index is 15.0. The average Bonchev–Trinajstić information content (AvgIpc) is 3.29. The molecule has 68 heavy (non-hydrogen) atoms. The number of hydrogen-bond acceptors (Lipinski definition) is 12. The third-order valence-electron chi connectivity index (χ3n) is 15.9. The number of carbonyl (C=O) groups is 5. The summed E-state index contributed by atoms with van der Waals surface area (Å²) in [6, 6.07) is -1.13. The van der Waals surface area contributed by atoms with Gasteiger partial charge in [0, 0.05) is 51.4 Å². The fourth-order valence-corrected chi connectivity index (χ4v) is 17.8. The summed E-state index contributed by atoms with van der Waals surface area (Å²) in [6.07, 6.45) is 6.40. The largest absolute Gasteiger partial charge is 0.456 e. The maximum atomic E-state index is 15.0. The van der Waals surface area contributed by atoms with Crippen LogP contribution < -0.4 is 0 Å². The minimum atomic E-state index is -2.67. The summed E-state index contributed by atoms with van der Waals surface area (Å²) in [5, 5.41) is 12.3. The topological polar surface area (TPSA) is 164 Å². The molecule has 2 bridgehead atoms. The Labute approximate surface area is 410 Å². The third-order valence-corrected chi connectivity index (χ3v) is 22.0. The summed E-state index contributed by atoms with van der Waals surface area (Å²) in [6.45, 7) is 29.1. The molecule has 0 radical (unpaired) electrons. The van der Waals surface area contributed by atoms with Crippen LogP contribution in [-0.4, -0.2) is 123 Å². The molecule has 386 valence electrons. The highest BCUT2D eigenvalue weighted by Gasteiger charge is 2.57. The van der Waals surface area contributed by atoms with Gasteiger partial charge in [-0.15, -0.1) is 6.58 Å². The van der Waals surface area contributed by atoms with E-state index in [0.29, 0.717) is 51.4 Å². The number of piperidine rings is 1. The van der Waals surface area contributed by atoms with Gasteiger partial charge in [-0.25, -0.2) is 4.79 Å². The lowest BCUT2D eigenvalue weighted by molar-refractivity contribution is -0.302. The van der Waals surface area contributed by atoms with Crippen molar-refractivity contribution in [2.75, 3.05) is 27.4 Å². The van der Waals surface area contributed by atoms with Gasteiger partial charge < -0.3 is 38.1 Å². The van der Waals surface area contributed by atoms with Gasteiger partial charge in [0.2, 0.25) is 14.1 Å². The number of allylic oxidation sites excluding steroid dienone is 3. The van der Waals surface area contributed by atoms with Crippen LogP contribution in [0.5, 0.6) is 0 Å². The van der Waals surface area contributed by atoms with Crippen molar-refractivity contribution in [3.63, 3.8) is 0 Å². The molecule has 1 aliphatic carbocycles. The van der Waals surface area contributed by atoms with Gasteiger partial charge in [0.05, 0.1) is 24.9 Å². The number of methoxy groups -OCH3 is 2. The van der Waals surface area contributed by atoms with Crippen LogP contribution >= 0.6 is 0 Å². The number of amides is 1. The average molecular weight is 972 g/mol. The second kappa shape index (κ2) is 25.5. The number of hydrogen-bond donors (Lipinski definition) is 1. The fraction of sp³-hybridized carbons (Fsp3) is 0.796. The van der Waals surface area contributed by atoms with Gasteiger partial charge in [0.15, 0.2) is 5.78 Å².